The molecule has 1 heterocycles. The number of carbonyl (C=O) groups is 1. The van der Waals surface area contributed by atoms with E-state index < -0.39 is 5.41 Å². The van der Waals surface area contributed by atoms with Crippen LogP contribution in [0.5, 0.6) is 5.75 Å². The molecule has 4 heteroatoms. The summed E-state index contributed by atoms with van der Waals surface area (Å²) in [5.74, 6) is 0.0616. The van der Waals surface area contributed by atoms with Crippen molar-refractivity contribution in [2.24, 2.45) is 0 Å². The van der Waals surface area contributed by atoms with E-state index in [4.69, 9.17) is 0 Å². The summed E-state index contributed by atoms with van der Waals surface area (Å²) in [6.45, 7) is 5.63. The molecule has 4 rings (SSSR count). The quantitative estimate of drug-likeness (QED) is 0.466. The maximum atomic E-state index is 12.9. The number of likely N-dealkylation sites (tertiary alicyclic amines) is 1. The molecule has 0 aliphatic carbocycles. The summed E-state index contributed by atoms with van der Waals surface area (Å²) in [4.78, 5) is 15.1. The van der Waals surface area contributed by atoms with E-state index in [1.54, 1.807) is 12.1 Å². The lowest BCUT2D eigenvalue weighted by molar-refractivity contribution is 0.0924. The molecule has 1 fully saturated rings. The van der Waals surface area contributed by atoms with Gasteiger partial charge in [0.05, 0.1) is 13.2 Å². The van der Waals surface area contributed by atoms with Crippen molar-refractivity contribution in [1.29, 1.82) is 0 Å². The van der Waals surface area contributed by atoms with Crippen molar-refractivity contribution in [1.82, 2.24) is 4.90 Å². The van der Waals surface area contributed by atoms with E-state index in [1.807, 2.05) is 26.0 Å². The van der Waals surface area contributed by atoms with Gasteiger partial charge in [0.25, 0.3) is 0 Å². The number of rotatable bonds is 7. The number of phenols is 1. The highest BCUT2D eigenvalue weighted by atomic mass is 16.3. The summed E-state index contributed by atoms with van der Waals surface area (Å²) >= 11 is 0. The van der Waals surface area contributed by atoms with Gasteiger partial charge in [0.1, 0.15) is 5.75 Å². The number of hydrogen-bond donors (Lipinski definition) is 2. The van der Waals surface area contributed by atoms with Gasteiger partial charge in [-0.2, -0.15) is 0 Å². The first-order valence-corrected chi connectivity index (χ1v) is 11.9. The van der Waals surface area contributed by atoms with Crippen molar-refractivity contribution >= 4 is 11.4 Å². The number of Topliss-reactive ketones (excluding diaryl/α,β-unsaturated/α-hetero) is 1. The van der Waals surface area contributed by atoms with Crippen LogP contribution in [0.25, 0.3) is 5.57 Å². The monoisotopic (exact) mass is 455 g/mol. The van der Waals surface area contributed by atoms with Crippen LogP contribution in [0.2, 0.25) is 0 Å². The predicted molar refractivity (Wildman–Crippen MR) is 137 cm³/mol. The van der Waals surface area contributed by atoms with Crippen molar-refractivity contribution in [3.05, 3.63) is 107 Å². The minimum atomic E-state index is -0.559. The van der Waals surface area contributed by atoms with Gasteiger partial charge in [-0.25, -0.2) is 0 Å². The number of aliphatic hydroxyl groups excluding tert-OH is 1. The first-order valence-electron chi connectivity index (χ1n) is 11.9. The molecular formula is C30H33NO3. The SMILES string of the molecule is CC(C)(CO)c1ccc(C(=O)CN2CCC(=C(c3ccccc3)c3ccccc3)CC2)cc1O. The lowest BCUT2D eigenvalue weighted by Crippen LogP contribution is -2.35. The Morgan fingerprint density at radius 1 is 0.853 bits per heavy atom. The number of hydrogen-bond acceptors (Lipinski definition) is 4. The largest absolute Gasteiger partial charge is 0.508 e. The zero-order valence-electron chi connectivity index (χ0n) is 20.0. The maximum absolute atomic E-state index is 12.9. The Bertz CT molecular complexity index is 1110. The summed E-state index contributed by atoms with van der Waals surface area (Å²) in [5, 5.41) is 20.0. The summed E-state index contributed by atoms with van der Waals surface area (Å²) in [5.41, 5.74) is 5.79. The van der Waals surface area contributed by atoms with Crippen molar-refractivity contribution in [3.63, 3.8) is 0 Å². The molecule has 0 aromatic heterocycles. The van der Waals surface area contributed by atoms with Crippen molar-refractivity contribution in [2.75, 3.05) is 26.2 Å². The Morgan fingerprint density at radius 3 is 1.91 bits per heavy atom. The van der Waals surface area contributed by atoms with Crippen LogP contribution in [0.3, 0.4) is 0 Å². The number of piperidine rings is 1. The minimum absolute atomic E-state index is 0.00225. The van der Waals surface area contributed by atoms with Gasteiger partial charge >= 0.3 is 0 Å². The Hall–Kier alpha value is -3.21. The van der Waals surface area contributed by atoms with Crippen LogP contribution in [0.15, 0.2) is 84.4 Å². The molecule has 34 heavy (non-hydrogen) atoms. The van der Waals surface area contributed by atoms with Gasteiger partial charge in [0, 0.05) is 29.6 Å². The fourth-order valence-corrected chi connectivity index (χ4v) is 4.67. The highest BCUT2D eigenvalue weighted by Crippen LogP contribution is 2.33. The summed E-state index contributed by atoms with van der Waals surface area (Å²) in [7, 11) is 0. The lowest BCUT2D eigenvalue weighted by atomic mass is 9.84. The van der Waals surface area contributed by atoms with Crippen molar-refractivity contribution in [3.8, 4) is 5.75 Å². The minimum Gasteiger partial charge on any atom is -0.508 e. The molecule has 0 radical (unpaired) electrons. The van der Waals surface area contributed by atoms with Gasteiger partial charge in [-0.1, -0.05) is 92.2 Å². The number of carbonyl (C=O) groups excluding carboxylic acids is 1. The second-order valence-electron chi connectivity index (χ2n) is 9.68. The Morgan fingerprint density at radius 2 is 1.41 bits per heavy atom. The maximum Gasteiger partial charge on any atom is 0.176 e. The Kier molecular flexibility index (Phi) is 7.30. The fraction of sp³-hybridized carbons (Fsp3) is 0.300. The normalized spacial score (nSPS) is 14.7. The summed E-state index contributed by atoms with van der Waals surface area (Å²) in [6, 6.07) is 26.1. The van der Waals surface area contributed by atoms with E-state index in [0.717, 1.165) is 25.9 Å². The van der Waals surface area contributed by atoms with E-state index in [9.17, 15) is 15.0 Å². The summed E-state index contributed by atoms with van der Waals surface area (Å²) in [6.07, 6.45) is 1.84. The number of ketones is 1. The third-order valence-electron chi connectivity index (χ3n) is 6.75. The van der Waals surface area contributed by atoms with Gasteiger partial charge in [0.15, 0.2) is 5.78 Å². The van der Waals surface area contributed by atoms with Crippen molar-refractivity contribution < 1.29 is 15.0 Å². The first-order chi connectivity index (χ1) is 16.4. The van der Waals surface area contributed by atoms with Crippen LogP contribution < -0.4 is 0 Å². The summed E-state index contributed by atoms with van der Waals surface area (Å²) < 4.78 is 0. The third-order valence-corrected chi connectivity index (χ3v) is 6.75. The second kappa shape index (κ2) is 10.4. The molecule has 176 valence electrons. The van der Waals surface area contributed by atoms with Gasteiger partial charge in [0.2, 0.25) is 0 Å². The van der Waals surface area contributed by atoms with Crippen molar-refractivity contribution in [2.45, 2.75) is 32.1 Å². The third kappa shape index (κ3) is 5.30. The van der Waals surface area contributed by atoms with Crippen LogP contribution in [0, 0.1) is 0 Å². The number of aromatic hydroxyl groups is 1. The van der Waals surface area contributed by atoms with Crippen LogP contribution in [0.4, 0.5) is 0 Å². The molecule has 0 unspecified atom stereocenters. The molecule has 3 aromatic rings. The highest BCUT2D eigenvalue weighted by molar-refractivity contribution is 5.98. The average Bonchev–Trinajstić information content (AvgIpc) is 2.86. The van der Waals surface area contributed by atoms with Crippen LogP contribution in [-0.4, -0.2) is 47.1 Å². The van der Waals surface area contributed by atoms with Gasteiger partial charge in [-0.3, -0.25) is 9.69 Å². The van der Waals surface area contributed by atoms with E-state index >= 15 is 0 Å². The Balaban J connectivity index is 1.48. The smallest absolute Gasteiger partial charge is 0.176 e. The molecule has 4 nitrogen and oxygen atoms in total. The number of nitrogens with zero attached hydrogens (tertiary/aromatic N) is 1. The fourth-order valence-electron chi connectivity index (χ4n) is 4.67. The molecule has 1 aliphatic heterocycles. The topological polar surface area (TPSA) is 60.8 Å². The number of benzene rings is 3. The van der Waals surface area contributed by atoms with E-state index in [2.05, 4.69) is 53.4 Å². The molecule has 3 aromatic carbocycles. The number of aliphatic hydroxyl groups is 1. The van der Waals surface area contributed by atoms with Gasteiger partial charge in [-0.05, 0) is 35.6 Å². The molecule has 0 saturated carbocycles. The highest BCUT2D eigenvalue weighted by Gasteiger charge is 2.25. The van der Waals surface area contributed by atoms with Crippen LogP contribution in [-0.2, 0) is 5.41 Å². The molecule has 0 bridgehead atoms. The van der Waals surface area contributed by atoms with Gasteiger partial charge < -0.3 is 10.2 Å². The van der Waals surface area contributed by atoms with Gasteiger partial charge in [-0.15, -0.1) is 0 Å². The predicted octanol–water partition coefficient (Wildman–Crippen LogP) is 5.44. The standard InChI is InChI=1S/C30H33NO3/c1-30(2,21-32)26-14-13-25(19-27(26)33)28(34)20-31-17-15-24(16-18-31)29(22-9-5-3-6-10-22)23-11-7-4-8-12-23/h3-14,19,32-33H,15-18,20-21H2,1-2H3. The van der Waals surface area contributed by atoms with E-state index in [0.29, 0.717) is 17.7 Å². The average molecular weight is 456 g/mol. The molecule has 1 aliphatic rings. The molecule has 0 spiro atoms. The molecule has 0 amide bonds. The van der Waals surface area contributed by atoms with Crippen LogP contribution >= 0.6 is 0 Å². The van der Waals surface area contributed by atoms with Crippen LogP contribution in [0.1, 0.15) is 53.7 Å². The second-order valence-corrected chi connectivity index (χ2v) is 9.68. The lowest BCUT2D eigenvalue weighted by Gasteiger charge is -2.30. The molecule has 2 N–H and O–H groups in total. The van der Waals surface area contributed by atoms with E-state index in [1.165, 1.54) is 28.3 Å². The Labute approximate surface area is 202 Å². The zero-order valence-corrected chi connectivity index (χ0v) is 20.0. The first kappa shape index (κ1) is 23.9. The molecule has 1 saturated heterocycles. The van der Waals surface area contributed by atoms with E-state index in [-0.39, 0.29) is 18.1 Å². The molecule has 0 atom stereocenters. The zero-order chi connectivity index (χ0) is 24.1. The number of phenolic OH excluding ortho intramolecular Hbond substituents is 1. The molecular weight excluding hydrogens is 422 g/mol.